The molecular weight excluding hydrogens is 531 g/mol. The number of methoxy groups -OCH3 is 2. The number of rotatable bonds is 7. The van der Waals surface area contributed by atoms with Crippen LogP contribution in [0, 0.1) is 0 Å². The molecule has 0 amide bonds. The first kappa shape index (κ1) is 26.3. The first-order valence-electron chi connectivity index (χ1n) is 12.2. The van der Waals surface area contributed by atoms with E-state index in [1.165, 1.54) is 44.2 Å². The average Bonchev–Trinajstić information content (AvgIpc) is 3.32. The third kappa shape index (κ3) is 6.25. The Morgan fingerprint density at radius 3 is 2.64 bits per heavy atom. The van der Waals surface area contributed by atoms with Gasteiger partial charge in [0, 0.05) is 38.1 Å². The molecule has 4 rings (SSSR count). The highest BCUT2D eigenvalue weighted by Gasteiger charge is 2.35. The van der Waals surface area contributed by atoms with E-state index in [4.69, 9.17) is 14.2 Å². The highest BCUT2D eigenvalue weighted by atomic mass is 127. The summed E-state index contributed by atoms with van der Waals surface area (Å²) < 4.78 is 17.2. The Morgan fingerprint density at radius 1 is 1.12 bits per heavy atom. The van der Waals surface area contributed by atoms with Crippen LogP contribution in [0.4, 0.5) is 0 Å². The van der Waals surface area contributed by atoms with Crippen LogP contribution in [0.2, 0.25) is 0 Å². The smallest absolute Gasteiger partial charge is 0.191 e. The maximum atomic E-state index is 6.11. The van der Waals surface area contributed by atoms with Crippen LogP contribution in [-0.2, 0) is 10.2 Å². The van der Waals surface area contributed by atoms with Gasteiger partial charge in [-0.1, -0.05) is 25.3 Å². The second kappa shape index (κ2) is 12.4. The second-order valence-electron chi connectivity index (χ2n) is 9.46. The average molecular weight is 573 g/mol. The number of halogens is 1. The van der Waals surface area contributed by atoms with Crippen LogP contribution >= 0.6 is 24.0 Å². The van der Waals surface area contributed by atoms with Crippen LogP contribution in [0.3, 0.4) is 0 Å². The summed E-state index contributed by atoms with van der Waals surface area (Å²) in [7, 11) is 5.24. The van der Waals surface area contributed by atoms with Gasteiger partial charge in [-0.05, 0) is 49.9 Å². The van der Waals surface area contributed by atoms with Crippen molar-refractivity contribution in [1.29, 1.82) is 0 Å². The lowest BCUT2D eigenvalue weighted by atomic mass is 9.69. The fourth-order valence-electron chi connectivity index (χ4n) is 5.66. The third-order valence-corrected chi connectivity index (χ3v) is 7.58. The summed E-state index contributed by atoms with van der Waals surface area (Å²) in [4.78, 5) is 7.07. The Kier molecular flexibility index (Phi) is 9.94. The number of ether oxygens (including phenoxy) is 3. The molecule has 1 saturated carbocycles. The summed E-state index contributed by atoms with van der Waals surface area (Å²) in [5.41, 5.74) is 1.38. The molecular formula is C25H41IN4O3. The van der Waals surface area contributed by atoms with E-state index in [9.17, 15) is 0 Å². The van der Waals surface area contributed by atoms with Gasteiger partial charge in [0.15, 0.2) is 17.5 Å². The summed E-state index contributed by atoms with van der Waals surface area (Å²) in [5.74, 6) is 2.43. The molecule has 0 spiro atoms. The lowest BCUT2D eigenvalue weighted by Crippen LogP contribution is -2.52. The van der Waals surface area contributed by atoms with Gasteiger partial charge in [0.2, 0.25) is 0 Å². The molecule has 3 fully saturated rings. The molecule has 3 aliphatic rings. The predicted octanol–water partition coefficient (Wildman–Crippen LogP) is 3.55. The third-order valence-electron chi connectivity index (χ3n) is 7.58. The van der Waals surface area contributed by atoms with Crippen molar-refractivity contribution in [3.63, 3.8) is 0 Å². The normalized spacial score (nSPS) is 25.0. The molecule has 1 aliphatic carbocycles. The van der Waals surface area contributed by atoms with Gasteiger partial charge in [0.05, 0.1) is 26.9 Å². The molecule has 2 N–H and O–H groups in total. The number of hydrogen-bond acceptors (Lipinski definition) is 5. The van der Waals surface area contributed by atoms with Gasteiger partial charge in [-0.3, -0.25) is 9.89 Å². The van der Waals surface area contributed by atoms with Crippen molar-refractivity contribution in [2.45, 2.75) is 62.5 Å². The van der Waals surface area contributed by atoms with Crippen LogP contribution in [0.25, 0.3) is 0 Å². The van der Waals surface area contributed by atoms with Crippen LogP contribution < -0.4 is 20.1 Å². The fraction of sp³-hybridized carbons (Fsp3) is 0.720. The number of guanidine groups is 1. The maximum Gasteiger partial charge on any atom is 0.191 e. The zero-order valence-corrected chi connectivity index (χ0v) is 22.7. The Labute approximate surface area is 216 Å². The highest BCUT2D eigenvalue weighted by molar-refractivity contribution is 14.0. The molecule has 1 aromatic carbocycles. The van der Waals surface area contributed by atoms with Crippen molar-refractivity contribution in [2.24, 2.45) is 4.99 Å². The van der Waals surface area contributed by atoms with Gasteiger partial charge in [-0.15, -0.1) is 24.0 Å². The zero-order valence-electron chi connectivity index (χ0n) is 20.4. The van der Waals surface area contributed by atoms with E-state index in [0.29, 0.717) is 6.04 Å². The minimum atomic E-state index is 0. The molecule has 2 aliphatic heterocycles. The van der Waals surface area contributed by atoms with E-state index in [0.717, 1.165) is 56.5 Å². The van der Waals surface area contributed by atoms with E-state index in [1.807, 2.05) is 13.1 Å². The molecule has 0 radical (unpaired) electrons. The largest absolute Gasteiger partial charge is 0.493 e. The topological polar surface area (TPSA) is 67.4 Å². The van der Waals surface area contributed by atoms with Crippen LogP contribution in [-0.4, -0.2) is 77.1 Å². The van der Waals surface area contributed by atoms with E-state index in [2.05, 4.69) is 32.7 Å². The Bertz CT molecular complexity index is 785. The molecule has 186 valence electrons. The summed E-state index contributed by atoms with van der Waals surface area (Å²) in [6.07, 6.45) is 8.92. The van der Waals surface area contributed by atoms with Crippen molar-refractivity contribution >= 4 is 29.9 Å². The lowest BCUT2D eigenvalue weighted by molar-refractivity contribution is -0.0453. The van der Waals surface area contributed by atoms with E-state index >= 15 is 0 Å². The predicted molar refractivity (Wildman–Crippen MR) is 143 cm³/mol. The number of hydrogen-bond donors (Lipinski definition) is 2. The lowest BCUT2D eigenvalue weighted by Gasteiger charge is -2.39. The van der Waals surface area contributed by atoms with Gasteiger partial charge < -0.3 is 24.8 Å². The fourth-order valence-corrected chi connectivity index (χ4v) is 5.66. The van der Waals surface area contributed by atoms with Crippen molar-refractivity contribution < 1.29 is 14.2 Å². The van der Waals surface area contributed by atoms with Crippen molar-refractivity contribution in [1.82, 2.24) is 15.5 Å². The van der Waals surface area contributed by atoms with Gasteiger partial charge >= 0.3 is 0 Å². The van der Waals surface area contributed by atoms with E-state index < -0.39 is 0 Å². The van der Waals surface area contributed by atoms with Crippen molar-refractivity contribution in [3.05, 3.63) is 23.8 Å². The second-order valence-corrected chi connectivity index (χ2v) is 9.46. The minimum Gasteiger partial charge on any atom is -0.493 e. The first-order valence-corrected chi connectivity index (χ1v) is 12.2. The number of aliphatic imine (C=N–C) groups is 1. The van der Waals surface area contributed by atoms with E-state index in [1.54, 1.807) is 14.2 Å². The number of benzene rings is 1. The molecule has 0 bridgehead atoms. The van der Waals surface area contributed by atoms with Gasteiger partial charge in [-0.2, -0.15) is 0 Å². The molecule has 0 aromatic heterocycles. The van der Waals surface area contributed by atoms with Crippen LogP contribution in [0.5, 0.6) is 11.5 Å². The number of nitrogens with one attached hydrogen (secondary N) is 2. The summed E-state index contributed by atoms with van der Waals surface area (Å²) in [5, 5.41) is 7.14. The number of morpholine rings is 1. The minimum absolute atomic E-state index is 0. The quantitative estimate of drug-likeness (QED) is 0.296. The standard InChI is InChI=1S/C25H40N4O3.HI/c1-26-24(27-15-21-16-29-13-7-8-20(29)17-32-21)28-18-25(11-5-4-6-12-25)19-9-10-22(30-2)23(14-19)31-3;/h9-10,14,20-21H,4-8,11-13,15-18H2,1-3H3,(H2,26,27,28);1H. The zero-order chi connectivity index (χ0) is 22.4. The summed E-state index contributed by atoms with van der Waals surface area (Å²) >= 11 is 0. The monoisotopic (exact) mass is 572 g/mol. The Balaban J connectivity index is 0.00000306. The Morgan fingerprint density at radius 2 is 1.91 bits per heavy atom. The molecule has 2 heterocycles. The molecule has 33 heavy (non-hydrogen) atoms. The van der Waals surface area contributed by atoms with Crippen LogP contribution in [0.1, 0.15) is 50.5 Å². The highest BCUT2D eigenvalue weighted by Crippen LogP contribution is 2.42. The Hall–Kier alpha value is -1.26. The first-order chi connectivity index (χ1) is 15.7. The number of fused-ring (bicyclic) bond motifs is 1. The summed E-state index contributed by atoms with van der Waals surface area (Å²) in [6.45, 7) is 4.73. The van der Waals surface area contributed by atoms with Crippen molar-refractivity contribution in [2.75, 3.05) is 54.1 Å². The molecule has 2 unspecified atom stereocenters. The number of nitrogens with zero attached hydrogens (tertiary/aromatic N) is 2. The van der Waals surface area contributed by atoms with Crippen LogP contribution in [0.15, 0.2) is 23.2 Å². The summed E-state index contributed by atoms with van der Waals surface area (Å²) in [6, 6.07) is 7.03. The molecule has 8 heteroatoms. The van der Waals surface area contributed by atoms with Crippen molar-refractivity contribution in [3.8, 4) is 11.5 Å². The SMILES string of the molecule is CN=C(NCC1CN2CCCC2CO1)NCC1(c2ccc(OC)c(OC)c2)CCCCC1.I. The van der Waals surface area contributed by atoms with Gasteiger partial charge in [0.25, 0.3) is 0 Å². The maximum absolute atomic E-state index is 6.11. The van der Waals surface area contributed by atoms with E-state index in [-0.39, 0.29) is 35.5 Å². The molecule has 2 atom stereocenters. The molecule has 2 saturated heterocycles. The molecule has 7 nitrogen and oxygen atoms in total. The van der Waals surface area contributed by atoms with Gasteiger partial charge in [-0.25, -0.2) is 0 Å². The van der Waals surface area contributed by atoms with Gasteiger partial charge in [0.1, 0.15) is 0 Å². The molecule has 1 aromatic rings.